The summed E-state index contributed by atoms with van der Waals surface area (Å²) < 4.78 is 13.7. The average molecular weight is 381 g/mol. The molecule has 25 heavy (non-hydrogen) atoms. The molecule has 3 N–H and O–H groups in total. The second-order valence-electron chi connectivity index (χ2n) is 5.74. The summed E-state index contributed by atoms with van der Waals surface area (Å²) in [5.74, 6) is -0.778. The quantitative estimate of drug-likeness (QED) is 0.777. The highest BCUT2D eigenvalue weighted by atomic mass is 35.5. The predicted molar refractivity (Wildman–Crippen MR) is 96.0 cm³/mol. The van der Waals surface area contributed by atoms with E-state index in [9.17, 15) is 9.18 Å². The Kier molecular flexibility index (Phi) is 6.38. The summed E-state index contributed by atoms with van der Waals surface area (Å²) in [6, 6.07) is 10.6. The van der Waals surface area contributed by atoms with Gasteiger partial charge in [-0.2, -0.15) is 5.26 Å². The summed E-state index contributed by atoms with van der Waals surface area (Å²) in [7, 11) is 0. The van der Waals surface area contributed by atoms with Gasteiger partial charge in [0, 0.05) is 11.3 Å². The fourth-order valence-electron chi connectivity index (χ4n) is 2.43. The van der Waals surface area contributed by atoms with Gasteiger partial charge in [-0.05, 0) is 44.2 Å². The molecule has 0 bridgehead atoms. The number of amides is 1. The number of nitrogens with one attached hydrogen (secondary N) is 1. The number of halogens is 3. The van der Waals surface area contributed by atoms with E-state index in [1.54, 1.807) is 36.5 Å². The van der Waals surface area contributed by atoms with Gasteiger partial charge in [0.25, 0.3) is 5.91 Å². The largest absolute Gasteiger partial charge is 0.330 e. The smallest absolute Gasteiger partial charge is 0.282 e. The summed E-state index contributed by atoms with van der Waals surface area (Å²) in [6.45, 7) is 3.56. The maximum Gasteiger partial charge on any atom is 0.282 e. The van der Waals surface area contributed by atoms with Crippen molar-refractivity contribution in [2.24, 2.45) is 0 Å². The minimum Gasteiger partial charge on any atom is -0.330 e. The van der Waals surface area contributed by atoms with E-state index in [2.05, 4.69) is 5.32 Å². The highest BCUT2D eigenvalue weighted by Gasteiger charge is 2.23. The number of benzene rings is 2. The SMILES string of the molecule is C[C@@H]([NH2+][C@H](C)c1cc(F)c(Cl)cc1Cl)C(=O)Nc1cccc(C#N)c1. The Morgan fingerprint density at radius 3 is 2.64 bits per heavy atom. The third-order valence-electron chi connectivity index (χ3n) is 3.78. The van der Waals surface area contributed by atoms with Gasteiger partial charge in [-0.15, -0.1) is 0 Å². The molecule has 0 aliphatic carbocycles. The summed E-state index contributed by atoms with van der Waals surface area (Å²) in [5.41, 5.74) is 1.58. The van der Waals surface area contributed by atoms with Gasteiger partial charge in [0.05, 0.1) is 21.7 Å². The van der Waals surface area contributed by atoms with Crippen molar-refractivity contribution < 1.29 is 14.5 Å². The number of rotatable bonds is 5. The van der Waals surface area contributed by atoms with E-state index in [1.807, 2.05) is 13.0 Å². The molecule has 130 valence electrons. The van der Waals surface area contributed by atoms with E-state index in [0.29, 0.717) is 21.8 Å². The summed E-state index contributed by atoms with van der Waals surface area (Å²) in [6.07, 6.45) is 0. The van der Waals surface area contributed by atoms with E-state index in [-0.39, 0.29) is 17.0 Å². The summed E-state index contributed by atoms with van der Waals surface area (Å²) in [4.78, 5) is 12.3. The topological polar surface area (TPSA) is 69.5 Å². The molecule has 2 aromatic rings. The first kappa shape index (κ1) is 19.2. The van der Waals surface area contributed by atoms with Crippen LogP contribution in [0.3, 0.4) is 0 Å². The number of hydrogen-bond acceptors (Lipinski definition) is 2. The Labute approximate surface area is 155 Å². The molecule has 4 nitrogen and oxygen atoms in total. The van der Waals surface area contributed by atoms with Gasteiger partial charge < -0.3 is 10.6 Å². The second kappa shape index (κ2) is 8.30. The van der Waals surface area contributed by atoms with Gasteiger partial charge in [-0.1, -0.05) is 29.3 Å². The minimum absolute atomic E-state index is 0.0379. The van der Waals surface area contributed by atoms with Gasteiger partial charge in [-0.25, -0.2) is 4.39 Å². The number of carbonyl (C=O) groups excluding carboxylic acids is 1. The normalized spacial score (nSPS) is 13.0. The Morgan fingerprint density at radius 1 is 1.24 bits per heavy atom. The van der Waals surface area contributed by atoms with Gasteiger partial charge in [-0.3, -0.25) is 4.79 Å². The Morgan fingerprint density at radius 2 is 1.96 bits per heavy atom. The van der Waals surface area contributed by atoms with Crippen molar-refractivity contribution in [1.82, 2.24) is 0 Å². The number of nitrogens with two attached hydrogens (primary N) is 1. The fourth-order valence-corrected chi connectivity index (χ4v) is 2.99. The Balaban J connectivity index is 2.05. The highest BCUT2D eigenvalue weighted by molar-refractivity contribution is 6.35. The van der Waals surface area contributed by atoms with E-state index in [1.165, 1.54) is 12.1 Å². The molecule has 0 saturated heterocycles. The van der Waals surface area contributed by atoms with Crippen molar-refractivity contribution in [2.45, 2.75) is 25.9 Å². The molecular formula is C18H17Cl2FN3O+. The van der Waals surface area contributed by atoms with Crippen LogP contribution in [0.2, 0.25) is 10.0 Å². The van der Waals surface area contributed by atoms with Crippen molar-refractivity contribution in [1.29, 1.82) is 5.26 Å². The molecule has 2 rings (SSSR count). The third-order valence-corrected chi connectivity index (χ3v) is 4.40. The van der Waals surface area contributed by atoms with E-state index < -0.39 is 11.9 Å². The van der Waals surface area contributed by atoms with Gasteiger partial charge >= 0.3 is 0 Å². The van der Waals surface area contributed by atoms with Crippen LogP contribution in [0.4, 0.5) is 10.1 Å². The molecule has 2 aromatic carbocycles. The molecule has 1 amide bonds. The van der Waals surface area contributed by atoms with Gasteiger partial charge in [0.2, 0.25) is 0 Å². The van der Waals surface area contributed by atoms with Crippen LogP contribution in [0.15, 0.2) is 36.4 Å². The molecule has 7 heteroatoms. The number of quaternary nitrogens is 1. The molecule has 0 aliphatic heterocycles. The lowest BCUT2D eigenvalue weighted by Crippen LogP contribution is -2.91. The van der Waals surface area contributed by atoms with Gasteiger partial charge in [0.1, 0.15) is 11.9 Å². The van der Waals surface area contributed by atoms with Crippen molar-refractivity contribution >= 4 is 34.8 Å². The lowest BCUT2D eigenvalue weighted by molar-refractivity contribution is -0.709. The number of anilines is 1. The predicted octanol–water partition coefficient (Wildman–Crippen LogP) is 3.66. The van der Waals surface area contributed by atoms with Gasteiger partial charge in [0.15, 0.2) is 6.04 Å². The van der Waals surface area contributed by atoms with Crippen LogP contribution in [0, 0.1) is 17.1 Å². The Bertz CT molecular complexity index is 836. The summed E-state index contributed by atoms with van der Waals surface area (Å²) in [5, 5.41) is 13.7. The fraction of sp³-hybridized carbons (Fsp3) is 0.222. The molecule has 0 aliphatic rings. The molecule has 0 radical (unpaired) electrons. The van der Waals surface area contributed by atoms with Crippen LogP contribution in [0.1, 0.15) is 31.0 Å². The molecule has 0 aromatic heterocycles. The number of nitriles is 1. The highest BCUT2D eigenvalue weighted by Crippen LogP contribution is 2.27. The van der Waals surface area contributed by atoms with Crippen molar-refractivity contribution in [3.63, 3.8) is 0 Å². The minimum atomic E-state index is -0.549. The van der Waals surface area contributed by atoms with Crippen LogP contribution in [0.25, 0.3) is 0 Å². The number of nitrogens with zero attached hydrogens (tertiary/aromatic N) is 1. The lowest BCUT2D eigenvalue weighted by atomic mass is 10.1. The first-order valence-corrected chi connectivity index (χ1v) is 8.38. The second-order valence-corrected chi connectivity index (χ2v) is 6.55. The number of carbonyl (C=O) groups is 1. The van der Waals surface area contributed by atoms with Crippen LogP contribution in [-0.4, -0.2) is 11.9 Å². The van der Waals surface area contributed by atoms with Crippen LogP contribution >= 0.6 is 23.2 Å². The van der Waals surface area contributed by atoms with E-state index >= 15 is 0 Å². The van der Waals surface area contributed by atoms with E-state index in [0.717, 1.165) is 0 Å². The zero-order valence-electron chi connectivity index (χ0n) is 13.7. The zero-order valence-corrected chi connectivity index (χ0v) is 15.2. The standard InChI is InChI=1S/C18H16Cl2FN3O/c1-10(14-7-17(21)16(20)8-15(14)19)23-11(2)18(25)24-13-5-3-4-12(6-13)9-22/h3-8,10-11,23H,1-2H3,(H,24,25)/p+1/t10-,11-/m1/s1. The molecular weight excluding hydrogens is 364 g/mol. The average Bonchev–Trinajstić information content (AvgIpc) is 2.58. The third kappa shape index (κ3) is 4.93. The van der Waals surface area contributed by atoms with Crippen molar-refractivity contribution in [3.05, 3.63) is 63.4 Å². The maximum absolute atomic E-state index is 13.7. The van der Waals surface area contributed by atoms with Crippen molar-refractivity contribution in [2.75, 3.05) is 5.32 Å². The molecule has 0 saturated carbocycles. The molecule has 0 fully saturated rings. The number of hydrogen-bond donors (Lipinski definition) is 2. The summed E-state index contributed by atoms with van der Waals surface area (Å²) >= 11 is 11.8. The van der Waals surface area contributed by atoms with Crippen LogP contribution in [-0.2, 0) is 4.79 Å². The van der Waals surface area contributed by atoms with Crippen molar-refractivity contribution in [3.8, 4) is 6.07 Å². The maximum atomic E-state index is 13.7. The zero-order chi connectivity index (χ0) is 18.6. The molecule has 0 spiro atoms. The van der Waals surface area contributed by atoms with Crippen LogP contribution < -0.4 is 10.6 Å². The molecule has 0 unspecified atom stereocenters. The monoisotopic (exact) mass is 380 g/mol. The first-order valence-electron chi connectivity index (χ1n) is 7.62. The Hall–Kier alpha value is -2.13. The van der Waals surface area contributed by atoms with Crippen LogP contribution in [0.5, 0.6) is 0 Å². The first-order chi connectivity index (χ1) is 11.8. The van der Waals surface area contributed by atoms with E-state index in [4.69, 9.17) is 28.5 Å². The molecule has 2 atom stereocenters. The lowest BCUT2D eigenvalue weighted by Gasteiger charge is -2.18. The molecule has 0 heterocycles.